The number of benzene rings is 6. The quantitative estimate of drug-likeness (QED) is 0.180. The number of fused-ring (bicyclic) bond motifs is 2. The van der Waals surface area contributed by atoms with Crippen molar-refractivity contribution in [3.05, 3.63) is 228 Å². The van der Waals surface area contributed by atoms with Gasteiger partial charge in [-0.2, -0.15) is 0 Å². The molecule has 1 N–H and O–H groups in total. The molecule has 0 radical (unpaired) electrons. The number of nitrogens with one attached hydrogen (secondary N) is 1. The summed E-state index contributed by atoms with van der Waals surface area (Å²) in [5.41, 5.74) is 15.5. The summed E-state index contributed by atoms with van der Waals surface area (Å²) in [6, 6.07) is 64.8. The predicted octanol–water partition coefficient (Wildman–Crippen LogP) is 12.3. The Hall–Kier alpha value is -7.28. The zero-order valence-corrected chi connectivity index (χ0v) is 30.0. The fourth-order valence-electron chi connectivity index (χ4n) is 7.95. The number of hydrogen-bond donors (Lipinski definition) is 1. The summed E-state index contributed by atoms with van der Waals surface area (Å²) in [5, 5.41) is 4.47. The van der Waals surface area contributed by atoms with Crippen molar-refractivity contribution in [2.24, 2.45) is 0 Å². The summed E-state index contributed by atoms with van der Waals surface area (Å²) in [7, 11) is 0. The van der Waals surface area contributed by atoms with E-state index in [-0.39, 0.29) is 12.0 Å². The van der Waals surface area contributed by atoms with Gasteiger partial charge in [0, 0.05) is 28.0 Å². The molecule has 1 unspecified atom stereocenters. The van der Waals surface area contributed by atoms with E-state index in [1.807, 2.05) is 24.4 Å². The Morgan fingerprint density at radius 3 is 2.05 bits per heavy atom. The molecule has 0 amide bonds. The Balaban J connectivity index is 1.18. The Kier molecular flexibility index (Phi) is 8.20. The van der Waals surface area contributed by atoms with Crippen LogP contribution in [-0.4, -0.2) is 9.97 Å². The Bertz CT molecular complexity index is 2760. The van der Waals surface area contributed by atoms with Crippen molar-refractivity contribution in [2.45, 2.75) is 12.0 Å². The standard InChI is InChI=1S/C52H35N3/c1-4-14-35(15-5-1)40-27-28-46-49(34-40)54-52(55-51(46)39-18-8-3-9-19-39)44-31-42(36-23-25-37(26-24-36)48-22-12-13-29-53-48)30-43(32-44)47-33-41-20-10-11-21-45(41)50(47)38-16-6-2-7-17-38/h1-6,8-16,18-34,48,50,53H/t48?,50-/m1/s1. The maximum Gasteiger partial charge on any atom is 0.160 e. The summed E-state index contributed by atoms with van der Waals surface area (Å²) in [6.07, 6.45) is 10.6. The molecule has 0 fully saturated rings. The molecule has 1 aliphatic carbocycles. The minimum atomic E-state index is 0.0159. The molecule has 258 valence electrons. The van der Waals surface area contributed by atoms with Crippen LogP contribution in [0, 0.1) is 12.1 Å². The molecule has 0 spiro atoms. The third-order valence-electron chi connectivity index (χ3n) is 10.7. The van der Waals surface area contributed by atoms with Crippen molar-refractivity contribution in [1.82, 2.24) is 15.3 Å². The number of aromatic nitrogens is 2. The number of nitrogens with zero attached hydrogens (tertiary/aromatic N) is 2. The summed E-state index contributed by atoms with van der Waals surface area (Å²) >= 11 is 0. The van der Waals surface area contributed by atoms with Crippen LogP contribution in [0.2, 0.25) is 0 Å². The second kappa shape index (κ2) is 13.9. The predicted molar refractivity (Wildman–Crippen MR) is 226 cm³/mol. The van der Waals surface area contributed by atoms with Gasteiger partial charge in [0.2, 0.25) is 0 Å². The van der Waals surface area contributed by atoms with Gasteiger partial charge in [-0.1, -0.05) is 146 Å². The van der Waals surface area contributed by atoms with Crippen LogP contribution in [0.15, 0.2) is 188 Å². The molecule has 2 atom stereocenters. The lowest BCUT2D eigenvalue weighted by Gasteiger charge is -2.19. The van der Waals surface area contributed by atoms with E-state index in [1.54, 1.807) is 0 Å². The van der Waals surface area contributed by atoms with Gasteiger partial charge in [-0.3, -0.25) is 0 Å². The molecule has 0 saturated heterocycles. The molecule has 2 aliphatic rings. The van der Waals surface area contributed by atoms with Gasteiger partial charge >= 0.3 is 0 Å². The highest BCUT2D eigenvalue weighted by Gasteiger charge is 2.29. The largest absolute Gasteiger partial charge is 0.381 e. The van der Waals surface area contributed by atoms with Crippen LogP contribution in [-0.2, 0) is 0 Å². The van der Waals surface area contributed by atoms with Gasteiger partial charge in [-0.25, -0.2) is 9.97 Å². The lowest BCUT2D eigenvalue weighted by molar-refractivity contribution is 0.746. The lowest BCUT2D eigenvalue weighted by atomic mass is 9.84. The van der Waals surface area contributed by atoms with Crippen LogP contribution >= 0.6 is 0 Å². The summed E-state index contributed by atoms with van der Waals surface area (Å²) in [6.45, 7) is 0. The smallest absolute Gasteiger partial charge is 0.160 e. The normalized spacial score (nSPS) is 15.6. The number of dihydropyridines is 1. The molecule has 10 rings (SSSR count). The zero-order chi connectivity index (χ0) is 36.6. The van der Waals surface area contributed by atoms with E-state index in [9.17, 15) is 0 Å². The van der Waals surface area contributed by atoms with E-state index in [4.69, 9.17) is 9.97 Å². The first-order chi connectivity index (χ1) is 27.2. The highest BCUT2D eigenvalue weighted by atomic mass is 14.9. The van der Waals surface area contributed by atoms with Gasteiger partial charge in [0.05, 0.1) is 17.3 Å². The van der Waals surface area contributed by atoms with E-state index < -0.39 is 0 Å². The molecule has 1 aromatic heterocycles. The Morgan fingerprint density at radius 2 is 1.27 bits per heavy atom. The minimum absolute atomic E-state index is 0.0159. The summed E-state index contributed by atoms with van der Waals surface area (Å²) < 4.78 is 0. The first-order valence-corrected chi connectivity index (χ1v) is 18.7. The zero-order valence-electron chi connectivity index (χ0n) is 30.0. The molecular weight excluding hydrogens is 667 g/mol. The third kappa shape index (κ3) is 6.20. The van der Waals surface area contributed by atoms with Crippen molar-refractivity contribution < 1.29 is 0 Å². The summed E-state index contributed by atoms with van der Waals surface area (Å²) in [5.74, 6) is 0.703. The molecular formula is C52H35N3. The SMILES string of the molecule is c1cccc([C@H]2C(c3cc(-c4ccc(C5C=CC=CN5)cc4)cc(-c4nc(-c5ccccc5)c5ccc(-c6ccccc6)cc5n4)c3)=Cc3ccccc32)c#1. The van der Waals surface area contributed by atoms with Crippen LogP contribution < -0.4 is 5.32 Å². The van der Waals surface area contributed by atoms with Crippen LogP contribution in [0.5, 0.6) is 0 Å². The van der Waals surface area contributed by atoms with Crippen molar-refractivity contribution in [2.75, 3.05) is 0 Å². The number of rotatable bonds is 7. The van der Waals surface area contributed by atoms with Crippen molar-refractivity contribution >= 4 is 22.6 Å². The van der Waals surface area contributed by atoms with Crippen molar-refractivity contribution in [3.63, 3.8) is 0 Å². The van der Waals surface area contributed by atoms with E-state index in [0.717, 1.165) is 61.1 Å². The monoisotopic (exact) mass is 701 g/mol. The van der Waals surface area contributed by atoms with E-state index in [2.05, 4.69) is 187 Å². The second-order valence-corrected chi connectivity index (χ2v) is 14.1. The molecule has 0 saturated carbocycles. The molecule has 3 nitrogen and oxygen atoms in total. The van der Waals surface area contributed by atoms with Gasteiger partial charge in [-0.05, 0) is 111 Å². The molecule has 3 heteroatoms. The van der Waals surface area contributed by atoms with Crippen molar-refractivity contribution in [3.8, 4) is 44.9 Å². The maximum atomic E-state index is 5.37. The van der Waals surface area contributed by atoms with Crippen LogP contribution in [0.4, 0.5) is 0 Å². The molecule has 1 aliphatic heterocycles. The molecule has 0 bridgehead atoms. The number of allylic oxidation sites excluding steroid dienone is 3. The van der Waals surface area contributed by atoms with Gasteiger partial charge in [0.1, 0.15) is 0 Å². The Labute approximate surface area is 321 Å². The van der Waals surface area contributed by atoms with E-state index >= 15 is 0 Å². The van der Waals surface area contributed by atoms with Gasteiger partial charge in [-0.15, -0.1) is 0 Å². The first kappa shape index (κ1) is 32.4. The molecule has 2 heterocycles. The fourth-order valence-corrected chi connectivity index (χ4v) is 7.95. The van der Waals surface area contributed by atoms with Gasteiger partial charge in [0.25, 0.3) is 0 Å². The summed E-state index contributed by atoms with van der Waals surface area (Å²) in [4.78, 5) is 10.7. The topological polar surface area (TPSA) is 37.8 Å². The maximum absolute atomic E-state index is 5.37. The third-order valence-corrected chi connectivity index (χ3v) is 10.7. The van der Waals surface area contributed by atoms with Crippen LogP contribution in [0.3, 0.4) is 0 Å². The lowest BCUT2D eigenvalue weighted by Crippen LogP contribution is -2.14. The van der Waals surface area contributed by atoms with E-state index in [1.165, 1.54) is 22.3 Å². The first-order valence-electron chi connectivity index (χ1n) is 18.7. The van der Waals surface area contributed by atoms with Crippen LogP contribution in [0.25, 0.3) is 67.5 Å². The van der Waals surface area contributed by atoms with E-state index in [0.29, 0.717) is 5.82 Å². The fraction of sp³-hybridized carbons (Fsp3) is 0.0385. The minimum Gasteiger partial charge on any atom is -0.381 e. The highest BCUT2D eigenvalue weighted by Crippen LogP contribution is 2.47. The van der Waals surface area contributed by atoms with Crippen molar-refractivity contribution in [1.29, 1.82) is 0 Å². The van der Waals surface area contributed by atoms with Gasteiger partial charge < -0.3 is 5.32 Å². The molecule has 8 aromatic rings. The van der Waals surface area contributed by atoms with Crippen LogP contribution in [0.1, 0.15) is 39.8 Å². The average molecular weight is 702 g/mol. The number of hydrogen-bond acceptors (Lipinski definition) is 3. The van der Waals surface area contributed by atoms with Gasteiger partial charge in [0.15, 0.2) is 5.82 Å². The molecule has 55 heavy (non-hydrogen) atoms. The molecule has 7 aromatic carbocycles. The highest BCUT2D eigenvalue weighted by molar-refractivity contribution is 5.98. The average Bonchev–Trinajstić information content (AvgIpc) is 3.67. The second-order valence-electron chi connectivity index (χ2n) is 14.1. The Morgan fingerprint density at radius 1 is 0.545 bits per heavy atom.